The average molecular weight is 331 g/mol. The zero-order valence-corrected chi connectivity index (χ0v) is 14.1. The number of carbonyl (C=O) groups excluding carboxylic acids is 1. The monoisotopic (exact) mass is 331 g/mol. The number of H-pyrrole nitrogens is 1. The Balaban J connectivity index is 1.49. The summed E-state index contributed by atoms with van der Waals surface area (Å²) in [7, 11) is 0. The van der Waals surface area contributed by atoms with E-state index in [-0.39, 0.29) is 11.9 Å². The summed E-state index contributed by atoms with van der Waals surface area (Å²) in [6.45, 7) is 3.06. The molecule has 1 N–H and O–H groups in total. The van der Waals surface area contributed by atoms with Crippen LogP contribution in [0.5, 0.6) is 0 Å². The first-order valence-corrected chi connectivity index (χ1v) is 8.95. The van der Waals surface area contributed by atoms with Crippen molar-refractivity contribution in [1.82, 2.24) is 14.8 Å². The topological polar surface area (TPSA) is 39.3 Å². The largest absolute Gasteiger partial charge is 0.356 e. The summed E-state index contributed by atoms with van der Waals surface area (Å²) < 4.78 is 0. The van der Waals surface area contributed by atoms with Gasteiger partial charge in [0.2, 0.25) is 5.91 Å². The van der Waals surface area contributed by atoms with Crippen molar-refractivity contribution in [1.29, 1.82) is 0 Å². The quantitative estimate of drug-likeness (QED) is 0.784. The van der Waals surface area contributed by atoms with Crippen LogP contribution in [0, 0.1) is 0 Å². The third-order valence-electron chi connectivity index (χ3n) is 5.52. The lowest BCUT2D eigenvalue weighted by molar-refractivity contribution is -0.141. The predicted octanol–water partition coefficient (Wildman–Crippen LogP) is 3.11. The van der Waals surface area contributed by atoms with Gasteiger partial charge in [-0.25, -0.2) is 0 Å². The molecule has 2 aliphatic rings. The van der Waals surface area contributed by atoms with Gasteiger partial charge in [0.15, 0.2) is 0 Å². The molecule has 126 valence electrons. The number of fused-ring (bicyclic) bond motifs is 5. The van der Waals surface area contributed by atoms with Crippen molar-refractivity contribution in [3.8, 4) is 0 Å². The number of nitrogens with one attached hydrogen (secondary N) is 1. The maximum absolute atomic E-state index is 12.7. The van der Waals surface area contributed by atoms with Gasteiger partial charge < -0.3 is 9.88 Å². The number of aromatic nitrogens is 1. The van der Waals surface area contributed by atoms with Gasteiger partial charge in [0, 0.05) is 36.2 Å². The van der Waals surface area contributed by atoms with Crippen molar-refractivity contribution in [2.45, 2.75) is 19.0 Å². The number of piperazine rings is 1. The molecular formula is C21H21N3O. The molecule has 0 bridgehead atoms. The fourth-order valence-corrected chi connectivity index (χ4v) is 4.36. The van der Waals surface area contributed by atoms with Crippen molar-refractivity contribution in [2.75, 3.05) is 19.6 Å². The molecule has 3 aromatic rings. The number of hydrogen-bond donors (Lipinski definition) is 1. The minimum absolute atomic E-state index is 0.140. The zero-order chi connectivity index (χ0) is 16.8. The third kappa shape index (κ3) is 2.45. The van der Waals surface area contributed by atoms with Crippen LogP contribution in [-0.2, 0) is 17.8 Å². The van der Waals surface area contributed by atoms with Crippen LogP contribution < -0.4 is 0 Å². The predicted molar refractivity (Wildman–Crippen MR) is 98.2 cm³/mol. The first-order chi connectivity index (χ1) is 12.3. The van der Waals surface area contributed by atoms with Crippen LogP contribution in [0.15, 0.2) is 54.6 Å². The van der Waals surface area contributed by atoms with Gasteiger partial charge in [-0.15, -0.1) is 0 Å². The van der Waals surface area contributed by atoms with E-state index in [1.165, 1.54) is 27.7 Å². The molecule has 0 unspecified atom stereocenters. The molecule has 0 saturated carbocycles. The maximum atomic E-state index is 12.7. The Morgan fingerprint density at radius 2 is 1.84 bits per heavy atom. The summed E-state index contributed by atoms with van der Waals surface area (Å²) in [4.78, 5) is 20.7. The van der Waals surface area contributed by atoms with E-state index in [2.05, 4.69) is 63.3 Å². The van der Waals surface area contributed by atoms with E-state index in [0.717, 1.165) is 26.1 Å². The van der Waals surface area contributed by atoms with Gasteiger partial charge >= 0.3 is 0 Å². The Bertz CT molecular complexity index is 931. The van der Waals surface area contributed by atoms with Crippen LogP contribution in [0.2, 0.25) is 0 Å². The highest BCUT2D eigenvalue weighted by Gasteiger charge is 2.38. The van der Waals surface area contributed by atoms with Crippen LogP contribution in [0.25, 0.3) is 10.9 Å². The minimum atomic E-state index is 0.140. The van der Waals surface area contributed by atoms with Crippen molar-refractivity contribution >= 4 is 16.8 Å². The molecule has 5 rings (SSSR count). The van der Waals surface area contributed by atoms with Gasteiger partial charge in [-0.3, -0.25) is 9.69 Å². The number of aromatic amines is 1. The summed E-state index contributed by atoms with van der Waals surface area (Å²) in [5.74, 6) is 0.247. The van der Waals surface area contributed by atoms with E-state index >= 15 is 0 Å². The normalized spacial score (nSPS) is 20.6. The number of rotatable bonds is 2. The zero-order valence-electron chi connectivity index (χ0n) is 14.1. The van der Waals surface area contributed by atoms with E-state index in [1.54, 1.807) is 0 Å². The smallest absolute Gasteiger partial charge is 0.237 e. The molecule has 0 spiro atoms. The van der Waals surface area contributed by atoms with E-state index < -0.39 is 0 Å². The maximum Gasteiger partial charge on any atom is 0.237 e. The molecular weight excluding hydrogens is 310 g/mol. The summed E-state index contributed by atoms with van der Waals surface area (Å²) in [5, 5.41) is 1.31. The molecule has 1 atom stereocenters. The molecule has 1 saturated heterocycles. The number of nitrogens with zero attached hydrogens (tertiary/aromatic N) is 2. The second-order valence-corrected chi connectivity index (χ2v) is 7.07. The van der Waals surface area contributed by atoms with Gasteiger partial charge in [-0.2, -0.15) is 0 Å². The number of amides is 1. The molecule has 4 heteroatoms. The van der Waals surface area contributed by atoms with Crippen LogP contribution in [0.1, 0.15) is 22.9 Å². The van der Waals surface area contributed by atoms with E-state index in [0.29, 0.717) is 6.54 Å². The first-order valence-electron chi connectivity index (χ1n) is 8.95. The highest BCUT2D eigenvalue weighted by Crippen LogP contribution is 2.36. The van der Waals surface area contributed by atoms with Crippen LogP contribution in [0.3, 0.4) is 0 Å². The Morgan fingerprint density at radius 3 is 2.72 bits per heavy atom. The summed E-state index contributed by atoms with van der Waals surface area (Å²) in [5.41, 5.74) is 5.07. The lowest BCUT2D eigenvalue weighted by Gasteiger charge is -2.43. The van der Waals surface area contributed by atoms with Gasteiger partial charge in [-0.05, 0) is 23.6 Å². The SMILES string of the molecule is O=C1CN(Cc2ccccc2)C[C@H]2c3[nH]c4ccccc4c3CCN12. The van der Waals surface area contributed by atoms with Gasteiger partial charge in [0.1, 0.15) is 0 Å². The summed E-state index contributed by atoms with van der Waals surface area (Å²) >= 11 is 0. The van der Waals surface area contributed by atoms with Gasteiger partial charge in [0.05, 0.1) is 12.6 Å². The van der Waals surface area contributed by atoms with Crippen LogP contribution >= 0.6 is 0 Å². The molecule has 0 aliphatic carbocycles. The van der Waals surface area contributed by atoms with E-state index in [4.69, 9.17) is 0 Å². The number of hydrogen-bond acceptors (Lipinski definition) is 2. The van der Waals surface area contributed by atoms with Crippen molar-refractivity contribution in [2.24, 2.45) is 0 Å². The molecule has 2 aliphatic heterocycles. The van der Waals surface area contributed by atoms with Crippen molar-refractivity contribution < 1.29 is 4.79 Å². The number of para-hydroxylation sites is 1. The van der Waals surface area contributed by atoms with Crippen LogP contribution in [-0.4, -0.2) is 40.3 Å². The molecule has 1 amide bonds. The molecule has 0 radical (unpaired) electrons. The van der Waals surface area contributed by atoms with Gasteiger partial charge in [0.25, 0.3) is 0 Å². The first kappa shape index (κ1) is 14.7. The fourth-order valence-electron chi connectivity index (χ4n) is 4.36. The van der Waals surface area contributed by atoms with E-state index in [9.17, 15) is 4.79 Å². The van der Waals surface area contributed by atoms with E-state index in [1.807, 2.05) is 6.07 Å². The average Bonchev–Trinajstić information content (AvgIpc) is 3.02. The summed E-state index contributed by atoms with van der Waals surface area (Å²) in [6, 6.07) is 19.0. The highest BCUT2D eigenvalue weighted by atomic mass is 16.2. The molecule has 25 heavy (non-hydrogen) atoms. The summed E-state index contributed by atoms with van der Waals surface area (Å²) in [6.07, 6.45) is 0.945. The lowest BCUT2D eigenvalue weighted by atomic mass is 9.95. The Kier molecular flexibility index (Phi) is 3.38. The Labute approximate surface area is 147 Å². The Hall–Kier alpha value is -2.59. The molecule has 1 fully saturated rings. The Morgan fingerprint density at radius 1 is 1.04 bits per heavy atom. The fraction of sp³-hybridized carbons (Fsp3) is 0.286. The van der Waals surface area contributed by atoms with Crippen LogP contribution in [0.4, 0.5) is 0 Å². The van der Waals surface area contributed by atoms with Crippen molar-refractivity contribution in [3.63, 3.8) is 0 Å². The van der Waals surface area contributed by atoms with Gasteiger partial charge in [-0.1, -0.05) is 48.5 Å². The molecule has 1 aromatic heterocycles. The van der Waals surface area contributed by atoms with Crippen molar-refractivity contribution in [3.05, 3.63) is 71.4 Å². The molecule has 3 heterocycles. The number of carbonyl (C=O) groups is 1. The standard InChI is InChI=1S/C21H21N3O/c25-20-14-23(12-15-6-2-1-3-7-15)13-19-21-17(10-11-24(19)20)16-8-4-5-9-18(16)22-21/h1-9,19,22H,10-14H2/t19-/m0/s1. The number of benzene rings is 2. The second kappa shape index (κ2) is 5.74. The molecule has 2 aromatic carbocycles. The lowest BCUT2D eigenvalue weighted by Crippen LogP contribution is -2.53. The minimum Gasteiger partial charge on any atom is -0.356 e. The molecule has 4 nitrogen and oxygen atoms in total. The second-order valence-electron chi connectivity index (χ2n) is 7.07. The highest BCUT2D eigenvalue weighted by molar-refractivity contribution is 5.86. The third-order valence-corrected chi connectivity index (χ3v) is 5.52.